The summed E-state index contributed by atoms with van der Waals surface area (Å²) in [5, 5.41) is 20.7. The SMILES string of the molecule is COc1ccc(CNC(=O)c2cccc(B(O)O)c2F)cc1. The lowest BCUT2D eigenvalue weighted by molar-refractivity contribution is 0.0947. The number of carbonyl (C=O) groups is 1. The van der Waals surface area contributed by atoms with Crippen LogP contribution in [0.1, 0.15) is 15.9 Å². The van der Waals surface area contributed by atoms with E-state index in [9.17, 15) is 9.18 Å². The minimum Gasteiger partial charge on any atom is -0.497 e. The van der Waals surface area contributed by atoms with Crippen molar-refractivity contribution in [3.63, 3.8) is 0 Å². The maximum atomic E-state index is 14.0. The molecule has 0 spiro atoms. The summed E-state index contributed by atoms with van der Waals surface area (Å²) in [6.45, 7) is 0.216. The van der Waals surface area contributed by atoms with Crippen LogP contribution in [0.5, 0.6) is 5.75 Å². The first-order chi connectivity index (χ1) is 10.5. The van der Waals surface area contributed by atoms with Crippen molar-refractivity contribution < 1.29 is 24.0 Å². The Morgan fingerprint density at radius 1 is 1.23 bits per heavy atom. The smallest absolute Gasteiger partial charge is 0.491 e. The van der Waals surface area contributed by atoms with E-state index >= 15 is 0 Å². The van der Waals surface area contributed by atoms with E-state index in [1.54, 1.807) is 31.4 Å². The lowest BCUT2D eigenvalue weighted by Gasteiger charge is -2.09. The standard InChI is InChI=1S/C15H15BFNO4/c1-22-11-7-5-10(6-8-11)9-18-15(19)12-3-2-4-13(14(12)17)16(20)21/h2-8,20-21H,9H2,1H3,(H,18,19). The van der Waals surface area contributed by atoms with Gasteiger partial charge in [-0.15, -0.1) is 0 Å². The summed E-state index contributed by atoms with van der Waals surface area (Å²) >= 11 is 0. The van der Waals surface area contributed by atoms with E-state index in [1.165, 1.54) is 18.2 Å². The van der Waals surface area contributed by atoms with Crippen molar-refractivity contribution in [2.24, 2.45) is 0 Å². The van der Waals surface area contributed by atoms with Gasteiger partial charge in [0.05, 0.1) is 12.7 Å². The fourth-order valence-electron chi connectivity index (χ4n) is 1.95. The molecule has 22 heavy (non-hydrogen) atoms. The van der Waals surface area contributed by atoms with Crippen LogP contribution in [-0.2, 0) is 6.54 Å². The molecule has 1 amide bonds. The summed E-state index contributed by atoms with van der Waals surface area (Å²) in [6.07, 6.45) is 0. The summed E-state index contributed by atoms with van der Waals surface area (Å²) in [7, 11) is -0.406. The maximum absolute atomic E-state index is 14.0. The Balaban J connectivity index is 2.07. The second-order valence-electron chi connectivity index (χ2n) is 4.61. The van der Waals surface area contributed by atoms with E-state index in [-0.39, 0.29) is 17.6 Å². The zero-order valence-corrected chi connectivity index (χ0v) is 11.9. The molecule has 0 atom stereocenters. The van der Waals surface area contributed by atoms with Crippen molar-refractivity contribution in [3.05, 3.63) is 59.4 Å². The normalized spacial score (nSPS) is 10.2. The molecule has 2 rings (SSSR count). The third-order valence-corrected chi connectivity index (χ3v) is 3.16. The Morgan fingerprint density at radius 2 is 1.91 bits per heavy atom. The van der Waals surface area contributed by atoms with Crippen molar-refractivity contribution >= 4 is 18.5 Å². The Kier molecular flexibility index (Phi) is 5.14. The zero-order valence-electron chi connectivity index (χ0n) is 11.9. The van der Waals surface area contributed by atoms with Gasteiger partial charge in [0.25, 0.3) is 5.91 Å². The molecule has 7 heteroatoms. The monoisotopic (exact) mass is 303 g/mol. The second kappa shape index (κ2) is 7.06. The molecule has 0 saturated heterocycles. The van der Waals surface area contributed by atoms with Gasteiger partial charge in [0.1, 0.15) is 11.6 Å². The van der Waals surface area contributed by atoms with Crippen LogP contribution in [0.25, 0.3) is 0 Å². The van der Waals surface area contributed by atoms with Gasteiger partial charge in [-0.2, -0.15) is 0 Å². The Labute approximate surface area is 127 Å². The topological polar surface area (TPSA) is 78.8 Å². The van der Waals surface area contributed by atoms with E-state index in [0.29, 0.717) is 5.75 Å². The van der Waals surface area contributed by atoms with Gasteiger partial charge in [-0.3, -0.25) is 4.79 Å². The van der Waals surface area contributed by atoms with Gasteiger partial charge in [0.15, 0.2) is 0 Å². The summed E-state index contributed by atoms with van der Waals surface area (Å²) in [4.78, 5) is 12.0. The average molecular weight is 303 g/mol. The zero-order chi connectivity index (χ0) is 16.1. The summed E-state index contributed by atoms with van der Waals surface area (Å²) in [6, 6.07) is 11.0. The van der Waals surface area contributed by atoms with Crippen LogP contribution in [0.15, 0.2) is 42.5 Å². The number of hydrogen-bond donors (Lipinski definition) is 3. The molecular weight excluding hydrogens is 288 g/mol. The highest BCUT2D eigenvalue weighted by Gasteiger charge is 2.21. The number of methoxy groups -OCH3 is 1. The fraction of sp³-hybridized carbons (Fsp3) is 0.133. The first-order valence-corrected chi connectivity index (χ1v) is 6.58. The van der Waals surface area contributed by atoms with Crippen LogP contribution in [0.4, 0.5) is 4.39 Å². The fourth-order valence-corrected chi connectivity index (χ4v) is 1.95. The average Bonchev–Trinajstić information content (AvgIpc) is 2.53. The lowest BCUT2D eigenvalue weighted by atomic mass is 9.79. The van der Waals surface area contributed by atoms with E-state index in [1.807, 2.05) is 0 Å². The first-order valence-electron chi connectivity index (χ1n) is 6.58. The third-order valence-electron chi connectivity index (χ3n) is 3.16. The summed E-state index contributed by atoms with van der Waals surface area (Å²) in [5.74, 6) is -0.869. The molecule has 0 fully saturated rings. The van der Waals surface area contributed by atoms with Crippen LogP contribution in [-0.4, -0.2) is 30.2 Å². The molecule has 0 aliphatic heterocycles. The molecule has 0 aliphatic rings. The van der Waals surface area contributed by atoms with Crippen LogP contribution in [0.2, 0.25) is 0 Å². The second-order valence-corrected chi connectivity index (χ2v) is 4.61. The highest BCUT2D eigenvalue weighted by Crippen LogP contribution is 2.11. The number of nitrogens with one attached hydrogen (secondary N) is 1. The highest BCUT2D eigenvalue weighted by molar-refractivity contribution is 6.58. The number of hydrogen-bond acceptors (Lipinski definition) is 4. The summed E-state index contributed by atoms with van der Waals surface area (Å²) < 4.78 is 19.0. The molecule has 5 nitrogen and oxygen atoms in total. The molecule has 0 saturated carbocycles. The van der Waals surface area contributed by atoms with Crippen molar-refractivity contribution in [2.45, 2.75) is 6.54 Å². The molecule has 114 valence electrons. The molecule has 0 heterocycles. The van der Waals surface area contributed by atoms with Gasteiger partial charge in [-0.05, 0) is 23.8 Å². The minimum atomic E-state index is -1.96. The number of ether oxygens (including phenoxy) is 1. The molecule has 0 bridgehead atoms. The van der Waals surface area contributed by atoms with Crippen LogP contribution in [0.3, 0.4) is 0 Å². The van der Waals surface area contributed by atoms with Gasteiger partial charge >= 0.3 is 7.12 Å². The predicted molar refractivity (Wildman–Crippen MR) is 80.4 cm³/mol. The van der Waals surface area contributed by atoms with E-state index in [4.69, 9.17) is 14.8 Å². The Bertz CT molecular complexity index is 661. The van der Waals surface area contributed by atoms with Gasteiger partial charge < -0.3 is 20.1 Å². The van der Waals surface area contributed by atoms with E-state index < -0.39 is 18.8 Å². The van der Waals surface area contributed by atoms with Crippen molar-refractivity contribution in [1.29, 1.82) is 0 Å². The molecule has 2 aromatic rings. The van der Waals surface area contributed by atoms with Crippen LogP contribution in [0, 0.1) is 5.82 Å². The van der Waals surface area contributed by atoms with E-state index in [0.717, 1.165) is 5.56 Å². The van der Waals surface area contributed by atoms with Gasteiger partial charge in [-0.1, -0.05) is 24.3 Å². The van der Waals surface area contributed by atoms with Crippen molar-refractivity contribution in [2.75, 3.05) is 7.11 Å². The molecule has 0 radical (unpaired) electrons. The largest absolute Gasteiger partial charge is 0.497 e. The molecule has 0 aromatic heterocycles. The van der Waals surface area contributed by atoms with Gasteiger partial charge in [0.2, 0.25) is 0 Å². The number of carbonyl (C=O) groups excluding carboxylic acids is 1. The van der Waals surface area contributed by atoms with Crippen molar-refractivity contribution in [3.8, 4) is 5.75 Å². The number of rotatable bonds is 5. The summed E-state index contributed by atoms with van der Waals surface area (Å²) in [5.41, 5.74) is 0.254. The van der Waals surface area contributed by atoms with Gasteiger partial charge in [0, 0.05) is 12.0 Å². The Hall–Kier alpha value is -2.38. The predicted octanol–water partition coefficient (Wildman–Crippen LogP) is 0.444. The third kappa shape index (κ3) is 3.63. The quantitative estimate of drug-likeness (QED) is 0.701. The Morgan fingerprint density at radius 3 is 2.50 bits per heavy atom. The number of benzene rings is 2. The molecule has 0 aliphatic carbocycles. The van der Waals surface area contributed by atoms with Crippen molar-refractivity contribution in [1.82, 2.24) is 5.32 Å². The maximum Gasteiger partial charge on any atom is 0.491 e. The first kappa shape index (κ1) is 16.0. The highest BCUT2D eigenvalue weighted by atomic mass is 19.1. The molecular formula is C15H15BFNO4. The van der Waals surface area contributed by atoms with E-state index in [2.05, 4.69) is 5.32 Å². The number of halogens is 1. The van der Waals surface area contributed by atoms with Gasteiger partial charge in [-0.25, -0.2) is 4.39 Å². The molecule has 3 N–H and O–H groups in total. The lowest BCUT2D eigenvalue weighted by Crippen LogP contribution is -2.35. The molecule has 0 unspecified atom stereocenters. The number of amides is 1. The molecule has 2 aromatic carbocycles. The minimum absolute atomic E-state index is 0.216. The van der Waals surface area contributed by atoms with Crippen LogP contribution >= 0.6 is 0 Å². The van der Waals surface area contributed by atoms with Crippen LogP contribution < -0.4 is 15.5 Å².